The topological polar surface area (TPSA) is 89.4 Å². The first-order valence-corrected chi connectivity index (χ1v) is 5.17. The summed E-state index contributed by atoms with van der Waals surface area (Å²) >= 11 is 1.49. The van der Waals surface area contributed by atoms with Gasteiger partial charge in [0.2, 0.25) is 0 Å². The van der Waals surface area contributed by atoms with E-state index in [1.54, 1.807) is 11.0 Å². The van der Waals surface area contributed by atoms with Crippen molar-refractivity contribution < 1.29 is 17.2 Å². The van der Waals surface area contributed by atoms with Gasteiger partial charge in [-0.25, -0.2) is 4.18 Å². The molecule has 1 aromatic rings. The van der Waals surface area contributed by atoms with Crippen molar-refractivity contribution in [2.45, 2.75) is 6.92 Å². The maximum atomic E-state index is 9.56. The van der Waals surface area contributed by atoms with Crippen LogP contribution < -0.4 is 0 Å². The molecule has 8 heteroatoms. The van der Waals surface area contributed by atoms with E-state index in [2.05, 4.69) is 14.4 Å². The van der Waals surface area contributed by atoms with Crippen molar-refractivity contribution in [3.63, 3.8) is 0 Å². The second-order valence-corrected chi connectivity index (χ2v) is 3.20. The second kappa shape index (κ2) is 6.00. The normalized spacial score (nSPS) is 10.2. The maximum absolute atomic E-state index is 9.56. The highest BCUT2D eigenvalue weighted by atomic mass is 32.3. The lowest BCUT2D eigenvalue weighted by atomic mass is 10.9. The molecule has 1 rings (SSSR count). The average molecular weight is 212 g/mol. The lowest BCUT2D eigenvalue weighted by molar-refractivity contribution is 0.283. The van der Waals surface area contributed by atoms with E-state index in [0.29, 0.717) is 0 Å². The minimum absolute atomic E-state index is 0.0289. The number of aromatic nitrogens is 2. The highest BCUT2D eigenvalue weighted by Gasteiger charge is 1.98. The van der Waals surface area contributed by atoms with Gasteiger partial charge in [0.15, 0.2) is 0 Å². The third-order valence-corrected chi connectivity index (χ3v) is 1.52. The fourth-order valence-corrected chi connectivity index (χ4v) is 0.855. The Morgan fingerprint density at radius 3 is 2.08 bits per heavy atom. The lowest BCUT2D eigenvalue weighted by Gasteiger charge is -1.88. The molecule has 0 aliphatic heterocycles. The summed E-state index contributed by atoms with van der Waals surface area (Å²) in [5.41, 5.74) is 3.36. The van der Waals surface area contributed by atoms with E-state index in [1.807, 2.05) is 0 Å². The molecule has 0 aliphatic rings. The number of rotatable bonds is 2. The van der Waals surface area contributed by atoms with E-state index < -0.39 is 10.4 Å². The Morgan fingerprint density at radius 1 is 1.50 bits per heavy atom. The van der Waals surface area contributed by atoms with Gasteiger partial charge in [0.25, 0.3) is 0 Å². The Labute approximate surface area is 74.2 Å². The fourth-order valence-electron chi connectivity index (χ4n) is 0.285. The molecule has 12 heavy (non-hydrogen) atoms. The second-order valence-electron chi connectivity index (χ2n) is 1.41. The van der Waals surface area contributed by atoms with Crippen LogP contribution in [0.4, 0.5) is 0 Å². The van der Waals surface area contributed by atoms with E-state index in [0.717, 1.165) is 0 Å². The van der Waals surface area contributed by atoms with Gasteiger partial charge in [0.1, 0.15) is 11.0 Å². The summed E-state index contributed by atoms with van der Waals surface area (Å²) < 4.78 is 30.7. The molecule has 0 saturated heterocycles. The van der Waals surface area contributed by atoms with E-state index in [4.69, 9.17) is 4.55 Å². The van der Waals surface area contributed by atoms with Gasteiger partial charge in [0.05, 0.1) is 6.61 Å². The largest absolute Gasteiger partial charge is 0.397 e. The van der Waals surface area contributed by atoms with Gasteiger partial charge < -0.3 is 0 Å². The predicted octanol–water partition coefficient (Wildman–Crippen LogP) is 0.364. The van der Waals surface area contributed by atoms with Crippen LogP contribution in [0, 0.1) is 0 Å². The van der Waals surface area contributed by atoms with Gasteiger partial charge in [-0.3, -0.25) is 4.55 Å². The van der Waals surface area contributed by atoms with Gasteiger partial charge in [-0.05, 0) is 6.92 Å². The van der Waals surface area contributed by atoms with Crippen molar-refractivity contribution in [3.8, 4) is 0 Å². The molecule has 0 saturated carbocycles. The zero-order valence-corrected chi connectivity index (χ0v) is 7.88. The summed E-state index contributed by atoms with van der Waals surface area (Å²) in [5, 5.41) is 6.98. The van der Waals surface area contributed by atoms with Gasteiger partial charge in [-0.2, -0.15) is 8.42 Å². The summed E-state index contributed by atoms with van der Waals surface area (Å²) in [5.74, 6) is 0. The van der Waals surface area contributed by atoms with Crippen molar-refractivity contribution in [1.82, 2.24) is 10.2 Å². The van der Waals surface area contributed by atoms with Crippen molar-refractivity contribution in [2.75, 3.05) is 6.61 Å². The summed E-state index contributed by atoms with van der Waals surface area (Å²) in [6, 6.07) is 0. The van der Waals surface area contributed by atoms with Crippen molar-refractivity contribution >= 4 is 21.7 Å². The minimum atomic E-state index is -4.17. The molecule has 6 nitrogen and oxygen atoms in total. The number of hydrogen-bond acceptors (Lipinski definition) is 6. The first kappa shape index (κ1) is 11.4. The molecule has 0 radical (unpaired) electrons. The molecular weight excluding hydrogens is 204 g/mol. The third-order valence-electron chi connectivity index (χ3n) is 0.549. The SMILES string of the molecule is CCOS(=O)(=O)O.c1nncs1. The molecule has 0 fully saturated rings. The van der Waals surface area contributed by atoms with Crippen molar-refractivity contribution in [3.05, 3.63) is 11.0 Å². The van der Waals surface area contributed by atoms with Crippen LogP contribution in [0.25, 0.3) is 0 Å². The molecule has 0 aromatic carbocycles. The zero-order chi connectivity index (χ0) is 9.45. The molecule has 0 atom stereocenters. The van der Waals surface area contributed by atoms with Gasteiger partial charge in [-0.1, -0.05) is 0 Å². The van der Waals surface area contributed by atoms with Crippen LogP contribution >= 0.6 is 11.3 Å². The molecule has 0 unspecified atom stereocenters. The number of nitrogens with zero attached hydrogens (tertiary/aromatic N) is 2. The molecule has 1 aromatic heterocycles. The predicted molar refractivity (Wildman–Crippen MR) is 43.1 cm³/mol. The van der Waals surface area contributed by atoms with Crippen molar-refractivity contribution in [1.29, 1.82) is 0 Å². The van der Waals surface area contributed by atoms with E-state index in [9.17, 15) is 8.42 Å². The number of hydrogen-bond donors (Lipinski definition) is 1. The Hall–Kier alpha value is -0.570. The Bertz CT molecular complexity index is 252. The van der Waals surface area contributed by atoms with Crippen molar-refractivity contribution in [2.24, 2.45) is 0 Å². The van der Waals surface area contributed by atoms with Gasteiger partial charge in [0, 0.05) is 0 Å². The summed E-state index contributed by atoms with van der Waals surface area (Å²) in [4.78, 5) is 0. The summed E-state index contributed by atoms with van der Waals surface area (Å²) in [6.45, 7) is 1.44. The highest BCUT2D eigenvalue weighted by molar-refractivity contribution is 7.80. The smallest absolute Gasteiger partial charge is 0.264 e. The standard InChI is InChI=1S/C2H2N2S.C2H6O4S/c1-3-4-2-5-1;1-2-6-7(3,4)5/h1-2H;2H2,1H3,(H,3,4,5). The average Bonchev–Trinajstić information content (AvgIpc) is 2.38. The molecule has 0 bridgehead atoms. The van der Waals surface area contributed by atoms with Gasteiger partial charge in [-0.15, -0.1) is 21.5 Å². The molecule has 0 amide bonds. The van der Waals surface area contributed by atoms with Crippen LogP contribution in [0.2, 0.25) is 0 Å². The molecule has 0 aliphatic carbocycles. The Balaban J connectivity index is 0.000000211. The first-order chi connectivity index (χ1) is 5.56. The third kappa shape index (κ3) is 9.43. The molecule has 1 heterocycles. The highest BCUT2D eigenvalue weighted by Crippen LogP contribution is 1.81. The lowest BCUT2D eigenvalue weighted by Crippen LogP contribution is -2.01. The first-order valence-electron chi connectivity index (χ1n) is 2.87. The zero-order valence-electron chi connectivity index (χ0n) is 6.24. The minimum Gasteiger partial charge on any atom is -0.264 e. The Morgan fingerprint density at radius 2 is 2.00 bits per heavy atom. The van der Waals surface area contributed by atoms with E-state index >= 15 is 0 Å². The molecule has 0 spiro atoms. The quantitative estimate of drug-likeness (QED) is 0.712. The fraction of sp³-hybridized carbons (Fsp3) is 0.500. The van der Waals surface area contributed by atoms with Crippen LogP contribution in [-0.4, -0.2) is 29.8 Å². The van der Waals surface area contributed by atoms with Crippen LogP contribution in [0.5, 0.6) is 0 Å². The van der Waals surface area contributed by atoms with Gasteiger partial charge >= 0.3 is 10.4 Å². The molecule has 1 N–H and O–H groups in total. The monoisotopic (exact) mass is 212 g/mol. The molecule has 70 valence electrons. The van der Waals surface area contributed by atoms with Crippen LogP contribution in [0.15, 0.2) is 11.0 Å². The van der Waals surface area contributed by atoms with E-state index in [-0.39, 0.29) is 6.61 Å². The summed E-state index contributed by atoms with van der Waals surface area (Å²) in [6.07, 6.45) is 0. The summed E-state index contributed by atoms with van der Waals surface area (Å²) in [7, 11) is -4.17. The Kier molecular flexibility index (Phi) is 5.72. The van der Waals surface area contributed by atoms with Crippen LogP contribution in [0.1, 0.15) is 6.92 Å². The maximum Gasteiger partial charge on any atom is 0.397 e. The van der Waals surface area contributed by atoms with Crippen LogP contribution in [-0.2, 0) is 14.6 Å². The van der Waals surface area contributed by atoms with Crippen LogP contribution in [0.3, 0.4) is 0 Å². The molecular formula is C4H8N2O4S2. The van der Waals surface area contributed by atoms with E-state index in [1.165, 1.54) is 18.3 Å².